The minimum atomic E-state index is -0.121. The van der Waals surface area contributed by atoms with Crippen LogP contribution in [0.5, 0.6) is 0 Å². The largest absolute Gasteiger partial charge is 0.370 e. The quantitative estimate of drug-likeness (QED) is 0.857. The molecule has 6 nitrogen and oxygen atoms in total. The van der Waals surface area contributed by atoms with Crippen molar-refractivity contribution >= 4 is 5.95 Å². The highest BCUT2D eigenvalue weighted by Gasteiger charge is 2.41. The van der Waals surface area contributed by atoms with Gasteiger partial charge in [0.05, 0.1) is 24.4 Å². The lowest BCUT2D eigenvalue weighted by atomic mass is 9.90. The number of piperidine rings is 1. The maximum absolute atomic E-state index is 6.27. The van der Waals surface area contributed by atoms with Gasteiger partial charge < -0.3 is 9.64 Å². The molecule has 4 rings (SSSR count). The molecule has 0 amide bonds. The number of ether oxygens (including phenoxy) is 1. The summed E-state index contributed by atoms with van der Waals surface area (Å²) in [7, 11) is 0. The molecule has 2 aromatic rings. The molecule has 2 aromatic heterocycles. The fourth-order valence-corrected chi connectivity index (χ4v) is 3.76. The van der Waals surface area contributed by atoms with Crippen molar-refractivity contribution in [3.8, 4) is 0 Å². The number of morpholine rings is 1. The molecule has 2 saturated heterocycles. The first-order valence-corrected chi connectivity index (χ1v) is 8.61. The zero-order valence-corrected chi connectivity index (χ0v) is 13.8. The topological polar surface area (TPSA) is 54.4 Å². The molecule has 24 heavy (non-hydrogen) atoms. The van der Waals surface area contributed by atoms with Crippen LogP contribution in [0.4, 0.5) is 5.95 Å². The van der Waals surface area contributed by atoms with Crippen LogP contribution in [0.2, 0.25) is 0 Å². The molecule has 6 heteroatoms. The van der Waals surface area contributed by atoms with Gasteiger partial charge in [0.25, 0.3) is 0 Å². The average molecular weight is 325 g/mol. The molecule has 2 fully saturated rings. The van der Waals surface area contributed by atoms with Crippen LogP contribution >= 0.6 is 0 Å². The fraction of sp³-hybridized carbons (Fsp3) is 0.500. The summed E-state index contributed by atoms with van der Waals surface area (Å²) in [5.41, 5.74) is 0.999. The van der Waals surface area contributed by atoms with Crippen LogP contribution in [0.15, 0.2) is 42.9 Å². The standard InChI is InChI=1S/C18H23N5O/c1-2-7-19-16(5-1)13-22-10-3-6-18(14-22)15-23(11-12-24-18)17-20-8-4-9-21-17/h1-2,4-5,7-9H,3,6,10-15H2/t18-/m0/s1. The Morgan fingerprint density at radius 3 is 2.71 bits per heavy atom. The molecule has 0 aliphatic carbocycles. The number of rotatable bonds is 3. The third-order valence-electron chi connectivity index (χ3n) is 4.81. The van der Waals surface area contributed by atoms with Crippen molar-refractivity contribution < 1.29 is 4.74 Å². The molecule has 0 bridgehead atoms. The van der Waals surface area contributed by atoms with Gasteiger partial charge in [-0.25, -0.2) is 9.97 Å². The van der Waals surface area contributed by atoms with E-state index in [9.17, 15) is 0 Å². The van der Waals surface area contributed by atoms with Gasteiger partial charge >= 0.3 is 0 Å². The van der Waals surface area contributed by atoms with Crippen molar-refractivity contribution in [2.24, 2.45) is 0 Å². The van der Waals surface area contributed by atoms with E-state index >= 15 is 0 Å². The summed E-state index contributed by atoms with van der Waals surface area (Å²) in [4.78, 5) is 18.0. The Morgan fingerprint density at radius 2 is 1.88 bits per heavy atom. The van der Waals surface area contributed by atoms with Crippen LogP contribution in [0.25, 0.3) is 0 Å². The van der Waals surface area contributed by atoms with Gasteiger partial charge in [-0.1, -0.05) is 6.07 Å². The van der Waals surface area contributed by atoms with Crippen LogP contribution in [-0.2, 0) is 11.3 Å². The summed E-state index contributed by atoms with van der Waals surface area (Å²) in [5.74, 6) is 0.807. The molecule has 0 aromatic carbocycles. The third kappa shape index (κ3) is 3.39. The zero-order valence-electron chi connectivity index (χ0n) is 13.8. The van der Waals surface area contributed by atoms with E-state index < -0.39 is 0 Å². The number of hydrogen-bond acceptors (Lipinski definition) is 6. The highest BCUT2D eigenvalue weighted by Crippen LogP contribution is 2.30. The first kappa shape index (κ1) is 15.5. The van der Waals surface area contributed by atoms with E-state index in [1.807, 2.05) is 24.4 Å². The summed E-state index contributed by atoms with van der Waals surface area (Å²) in [6, 6.07) is 7.96. The molecular formula is C18H23N5O. The molecule has 1 spiro atoms. The smallest absolute Gasteiger partial charge is 0.225 e. The molecule has 0 unspecified atom stereocenters. The van der Waals surface area contributed by atoms with Crippen LogP contribution in [0.1, 0.15) is 18.5 Å². The summed E-state index contributed by atoms with van der Waals surface area (Å²) >= 11 is 0. The Labute approximate surface area is 142 Å². The monoisotopic (exact) mass is 325 g/mol. The van der Waals surface area contributed by atoms with Crippen molar-refractivity contribution in [1.29, 1.82) is 0 Å². The van der Waals surface area contributed by atoms with Crippen molar-refractivity contribution in [3.63, 3.8) is 0 Å². The van der Waals surface area contributed by atoms with E-state index in [1.54, 1.807) is 12.4 Å². The van der Waals surface area contributed by atoms with E-state index in [1.165, 1.54) is 0 Å². The first-order chi connectivity index (χ1) is 11.8. The Balaban J connectivity index is 1.45. The molecule has 0 radical (unpaired) electrons. The van der Waals surface area contributed by atoms with Crippen molar-refractivity contribution in [3.05, 3.63) is 48.5 Å². The zero-order chi connectivity index (χ0) is 16.2. The van der Waals surface area contributed by atoms with E-state index in [4.69, 9.17) is 4.74 Å². The van der Waals surface area contributed by atoms with Gasteiger partial charge in [-0.15, -0.1) is 0 Å². The van der Waals surface area contributed by atoms with Crippen LogP contribution < -0.4 is 4.90 Å². The minimum absolute atomic E-state index is 0.121. The fourth-order valence-electron chi connectivity index (χ4n) is 3.76. The van der Waals surface area contributed by atoms with Gasteiger partial charge in [-0.2, -0.15) is 0 Å². The lowest BCUT2D eigenvalue weighted by molar-refractivity contribution is -0.0989. The Hall–Kier alpha value is -2.05. The summed E-state index contributed by atoms with van der Waals surface area (Å²) in [6.45, 7) is 5.36. The second-order valence-corrected chi connectivity index (χ2v) is 6.64. The van der Waals surface area contributed by atoms with Crippen molar-refractivity contribution in [2.45, 2.75) is 25.0 Å². The van der Waals surface area contributed by atoms with Gasteiger partial charge in [0.1, 0.15) is 0 Å². The normalized spacial score (nSPS) is 25.1. The van der Waals surface area contributed by atoms with E-state index in [2.05, 4.69) is 30.8 Å². The summed E-state index contributed by atoms with van der Waals surface area (Å²) in [6.07, 6.45) is 7.71. The maximum atomic E-state index is 6.27. The molecule has 2 aliphatic heterocycles. The van der Waals surface area contributed by atoms with E-state index in [0.29, 0.717) is 0 Å². The van der Waals surface area contributed by atoms with E-state index in [-0.39, 0.29) is 5.60 Å². The molecule has 2 aliphatic rings. The summed E-state index contributed by atoms with van der Waals surface area (Å²) in [5, 5.41) is 0. The molecular weight excluding hydrogens is 302 g/mol. The number of likely N-dealkylation sites (tertiary alicyclic amines) is 1. The lowest BCUT2D eigenvalue weighted by Gasteiger charge is -2.48. The third-order valence-corrected chi connectivity index (χ3v) is 4.81. The Morgan fingerprint density at radius 1 is 1.00 bits per heavy atom. The highest BCUT2D eigenvalue weighted by molar-refractivity contribution is 5.30. The van der Waals surface area contributed by atoms with Gasteiger partial charge in [-0.05, 0) is 37.6 Å². The molecule has 4 heterocycles. The van der Waals surface area contributed by atoms with Crippen LogP contribution in [0, 0.1) is 0 Å². The molecule has 126 valence electrons. The maximum Gasteiger partial charge on any atom is 0.225 e. The second-order valence-electron chi connectivity index (χ2n) is 6.64. The Bertz CT molecular complexity index is 649. The second kappa shape index (κ2) is 6.83. The highest BCUT2D eigenvalue weighted by atomic mass is 16.5. The van der Waals surface area contributed by atoms with Crippen molar-refractivity contribution in [2.75, 3.05) is 37.7 Å². The predicted octanol–water partition coefficient (Wildman–Crippen LogP) is 1.74. The number of pyridine rings is 1. The van der Waals surface area contributed by atoms with Crippen LogP contribution in [0.3, 0.4) is 0 Å². The van der Waals surface area contributed by atoms with Gasteiger partial charge in [0, 0.05) is 38.2 Å². The lowest BCUT2D eigenvalue weighted by Crippen LogP contribution is -2.60. The minimum Gasteiger partial charge on any atom is -0.370 e. The summed E-state index contributed by atoms with van der Waals surface area (Å²) < 4.78 is 6.27. The number of nitrogens with zero attached hydrogens (tertiary/aromatic N) is 5. The number of aromatic nitrogens is 3. The van der Waals surface area contributed by atoms with Crippen LogP contribution in [-0.4, -0.2) is 58.2 Å². The molecule has 1 atom stereocenters. The number of anilines is 1. The van der Waals surface area contributed by atoms with Gasteiger partial charge in [-0.3, -0.25) is 9.88 Å². The molecule has 0 N–H and O–H groups in total. The number of hydrogen-bond donors (Lipinski definition) is 0. The van der Waals surface area contributed by atoms with Gasteiger partial charge in [0.2, 0.25) is 5.95 Å². The first-order valence-electron chi connectivity index (χ1n) is 8.61. The predicted molar refractivity (Wildman–Crippen MR) is 91.7 cm³/mol. The SMILES string of the molecule is c1ccc(CN2CCC[C@]3(C2)CN(c2ncccn2)CCO3)nc1. The van der Waals surface area contributed by atoms with E-state index in [0.717, 1.165) is 63.8 Å². The molecule has 0 saturated carbocycles. The van der Waals surface area contributed by atoms with Crippen molar-refractivity contribution in [1.82, 2.24) is 19.9 Å². The van der Waals surface area contributed by atoms with Gasteiger partial charge in [0.15, 0.2) is 0 Å². The average Bonchev–Trinajstić information content (AvgIpc) is 2.63. The Kier molecular flexibility index (Phi) is 4.40.